The maximum absolute atomic E-state index is 6.77. The first-order valence-electron chi connectivity index (χ1n) is 13.7. The van der Waals surface area contributed by atoms with Gasteiger partial charge in [-0.1, -0.05) is 60.7 Å². The van der Waals surface area contributed by atoms with Crippen molar-refractivity contribution in [2.75, 3.05) is 4.90 Å². The minimum atomic E-state index is 0.816. The van der Waals surface area contributed by atoms with Crippen LogP contribution in [0.2, 0.25) is 0 Å². The van der Waals surface area contributed by atoms with Gasteiger partial charge in [-0.3, -0.25) is 4.90 Å². The molecule has 0 aliphatic carbocycles. The van der Waals surface area contributed by atoms with Crippen molar-refractivity contribution >= 4 is 70.4 Å². The average molecular weight is 545 g/mol. The maximum atomic E-state index is 6.77. The van der Waals surface area contributed by atoms with Gasteiger partial charge in [0.2, 0.25) is 0 Å². The number of ether oxygens (including phenoxy) is 2. The van der Waals surface area contributed by atoms with Crippen molar-refractivity contribution in [3.63, 3.8) is 0 Å². The van der Waals surface area contributed by atoms with Crippen molar-refractivity contribution in [1.29, 1.82) is 0 Å². The standard InChI is InChI=1S/C36H20N2O2S/c1-2-10-21(11-3-1)37-25-13-5-4-12-22(25)23-18-24-32(19-28(23)37)41-33-20-31-35-36(34(24)33)40-30-17-9-7-15-27(30)38(35)26-14-6-8-16-29(26)39-31/h1-20H. The van der Waals surface area contributed by atoms with Crippen molar-refractivity contribution in [3.8, 4) is 28.7 Å². The van der Waals surface area contributed by atoms with Gasteiger partial charge in [0.15, 0.2) is 23.0 Å². The van der Waals surface area contributed by atoms with Crippen LogP contribution >= 0.6 is 11.3 Å². The van der Waals surface area contributed by atoms with Gasteiger partial charge in [-0.25, -0.2) is 0 Å². The normalized spacial score (nSPS) is 13.2. The van der Waals surface area contributed by atoms with E-state index in [4.69, 9.17) is 9.47 Å². The zero-order chi connectivity index (χ0) is 26.7. The number of nitrogens with zero attached hydrogens (tertiary/aromatic N) is 2. The van der Waals surface area contributed by atoms with Crippen LogP contribution in [0.3, 0.4) is 0 Å². The van der Waals surface area contributed by atoms with Gasteiger partial charge in [0.05, 0.1) is 22.4 Å². The van der Waals surface area contributed by atoms with E-state index in [-0.39, 0.29) is 0 Å². The largest absolute Gasteiger partial charge is 0.453 e. The molecule has 5 heteroatoms. The van der Waals surface area contributed by atoms with Crippen LogP contribution < -0.4 is 14.4 Å². The number of aromatic nitrogens is 1. The number of hydrogen-bond donors (Lipinski definition) is 0. The Bertz CT molecular complexity index is 2370. The van der Waals surface area contributed by atoms with Gasteiger partial charge in [-0.15, -0.1) is 11.3 Å². The fraction of sp³-hybridized carbons (Fsp3) is 0. The van der Waals surface area contributed by atoms with Crippen molar-refractivity contribution in [3.05, 3.63) is 121 Å². The molecule has 6 aromatic carbocycles. The summed E-state index contributed by atoms with van der Waals surface area (Å²) in [6.45, 7) is 0. The highest BCUT2D eigenvalue weighted by Gasteiger charge is 2.36. The van der Waals surface area contributed by atoms with E-state index < -0.39 is 0 Å². The van der Waals surface area contributed by atoms with E-state index in [0.717, 1.165) is 55.8 Å². The molecule has 0 radical (unpaired) electrons. The fourth-order valence-corrected chi connectivity index (χ4v) is 7.78. The zero-order valence-corrected chi connectivity index (χ0v) is 22.5. The maximum Gasteiger partial charge on any atom is 0.164 e. The van der Waals surface area contributed by atoms with Gasteiger partial charge >= 0.3 is 0 Å². The molecule has 0 amide bonds. The third-order valence-corrected chi connectivity index (χ3v) is 9.43. The number of thiophene rings is 1. The van der Waals surface area contributed by atoms with Gasteiger partial charge in [0.1, 0.15) is 5.69 Å². The summed E-state index contributed by atoms with van der Waals surface area (Å²) in [6, 6.07) is 42.7. The van der Waals surface area contributed by atoms with Crippen LogP contribution in [0.1, 0.15) is 0 Å². The first kappa shape index (κ1) is 21.5. The molecule has 0 saturated carbocycles. The molecule has 2 aliphatic heterocycles. The van der Waals surface area contributed by atoms with Crippen LogP contribution in [-0.2, 0) is 0 Å². The first-order valence-corrected chi connectivity index (χ1v) is 14.5. The van der Waals surface area contributed by atoms with Gasteiger partial charge < -0.3 is 14.0 Å². The van der Waals surface area contributed by atoms with E-state index in [9.17, 15) is 0 Å². The third-order valence-electron chi connectivity index (χ3n) is 8.33. The van der Waals surface area contributed by atoms with Crippen LogP contribution in [0.15, 0.2) is 121 Å². The highest BCUT2D eigenvalue weighted by atomic mass is 32.1. The highest BCUT2D eigenvalue weighted by Crippen LogP contribution is 2.63. The quantitative estimate of drug-likeness (QED) is 0.206. The summed E-state index contributed by atoms with van der Waals surface area (Å²) in [4.78, 5) is 2.30. The molecule has 0 saturated heterocycles. The molecule has 4 heterocycles. The summed E-state index contributed by atoms with van der Waals surface area (Å²) in [7, 11) is 0. The van der Waals surface area contributed by atoms with E-state index in [1.54, 1.807) is 11.3 Å². The van der Waals surface area contributed by atoms with Gasteiger partial charge in [0, 0.05) is 42.7 Å². The predicted molar refractivity (Wildman–Crippen MR) is 169 cm³/mol. The molecule has 0 spiro atoms. The third kappa shape index (κ3) is 2.78. The van der Waals surface area contributed by atoms with E-state index in [1.807, 2.05) is 18.2 Å². The molecule has 4 nitrogen and oxygen atoms in total. The Hall–Kier alpha value is -5.26. The molecule has 41 heavy (non-hydrogen) atoms. The topological polar surface area (TPSA) is 26.6 Å². The molecule has 192 valence electrons. The van der Waals surface area contributed by atoms with Crippen molar-refractivity contribution in [2.24, 2.45) is 0 Å². The van der Waals surface area contributed by atoms with Crippen molar-refractivity contribution in [1.82, 2.24) is 4.57 Å². The second-order valence-electron chi connectivity index (χ2n) is 10.6. The highest BCUT2D eigenvalue weighted by molar-refractivity contribution is 7.26. The Morgan fingerprint density at radius 3 is 2.05 bits per heavy atom. The van der Waals surface area contributed by atoms with E-state index in [0.29, 0.717) is 0 Å². The van der Waals surface area contributed by atoms with E-state index in [1.165, 1.54) is 31.9 Å². The van der Waals surface area contributed by atoms with Gasteiger partial charge in [0.25, 0.3) is 0 Å². The summed E-state index contributed by atoms with van der Waals surface area (Å²) >= 11 is 1.79. The number of benzene rings is 6. The number of rotatable bonds is 1. The molecule has 2 aliphatic rings. The lowest BCUT2D eigenvalue weighted by molar-refractivity contribution is 0.450. The minimum Gasteiger partial charge on any atom is -0.453 e. The number of anilines is 3. The molecule has 0 atom stereocenters. The molecular weight excluding hydrogens is 524 g/mol. The first-order chi connectivity index (χ1) is 20.3. The van der Waals surface area contributed by atoms with Crippen LogP contribution in [0.4, 0.5) is 17.1 Å². The molecule has 2 aromatic heterocycles. The lowest BCUT2D eigenvalue weighted by Crippen LogP contribution is -2.20. The Labute approximate surface area is 238 Å². The second kappa shape index (κ2) is 7.68. The summed E-state index contributed by atoms with van der Waals surface area (Å²) in [5.41, 5.74) is 6.56. The smallest absolute Gasteiger partial charge is 0.164 e. The van der Waals surface area contributed by atoms with Crippen LogP contribution in [0.5, 0.6) is 23.0 Å². The lowest BCUT2D eigenvalue weighted by atomic mass is 10.0. The summed E-state index contributed by atoms with van der Waals surface area (Å²) in [6.07, 6.45) is 0. The van der Waals surface area contributed by atoms with Gasteiger partial charge in [-0.2, -0.15) is 0 Å². The number of hydrogen-bond acceptors (Lipinski definition) is 4. The SMILES string of the molecule is c1ccc(-n2c3ccccc3c3cc4c(cc32)sc2cc3c5c(c24)Oc2ccccc2N5c2ccccc2O3)cc1. The summed E-state index contributed by atoms with van der Waals surface area (Å²) in [5, 5.41) is 4.80. The molecule has 8 aromatic rings. The minimum absolute atomic E-state index is 0.816. The molecule has 0 N–H and O–H groups in total. The molecular formula is C36H20N2O2S. The predicted octanol–water partition coefficient (Wildman–Crippen LogP) is 10.8. The molecule has 10 rings (SSSR count). The molecule has 0 bridgehead atoms. The number of fused-ring (bicyclic) bond motifs is 11. The lowest BCUT2D eigenvalue weighted by Gasteiger charge is -2.38. The Morgan fingerprint density at radius 2 is 1.22 bits per heavy atom. The summed E-state index contributed by atoms with van der Waals surface area (Å²) in [5.74, 6) is 3.35. The van der Waals surface area contributed by atoms with Crippen molar-refractivity contribution in [2.45, 2.75) is 0 Å². The second-order valence-corrected chi connectivity index (χ2v) is 11.6. The average Bonchev–Trinajstić information content (AvgIpc) is 3.54. The molecule has 0 fully saturated rings. The van der Waals surface area contributed by atoms with Crippen LogP contribution in [0.25, 0.3) is 47.7 Å². The van der Waals surface area contributed by atoms with Crippen LogP contribution in [-0.4, -0.2) is 4.57 Å². The zero-order valence-electron chi connectivity index (χ0n) is 21.7. The monoisotopic (exact) mass is 544 g/mol. The van der Waals surface area contributed by atoms with Crippen molar-refractivity contribution < 1.29 is 9.47 Å². The fourth-order valence-electron chi connectivity index (χ4n) is 6.63. The Balaban J connectivity index is 1.33. The Morgan fingerprint density at radius 1 is 0.512 bits per heavy atom. The Kier molecular flexibility index (Phi) is 4.04. The summed E-state index contributed by atoms with van der Waals surface area (Å²) < 4.78 is 18.0. The van der Waals surface area contributed by atoms with Crippen LogP contribution in [0, 0.1) is 0 Å². The van der Waals surface area contributed by atoms with E-state index in [2.05, 4.69) is 113 Å². The number of para-hydroxylation sites is 6. The van der Waals surface area contributed by atoms with E-state index >= 15 is 0 Å². The molecule has 0 unspecified atom stereocenters. The van der Waals surface area contributed by atoms with Gasteiger partial charge in [-0.05, 0) is 54.6 Å².